The van der Waals surface area contributed by atoms with Crippen LogP contribution >= 0.6 is 23.6 Å². The summed E-state index contributed by atoms with van der Waals surface area (Å²) in [6.45, 7) is 12.4. The van der Waals surface area contributed by atoms with Crippen molar-refractivity contribution in [3.63, 3.8) is 0 Å². The molecule has 2 N–H and O–H groups in total. The third kappa shape index (κ3) is 5.48. The fourth-order valence-electron chi connectivity index (χ4n) is 3.75. The van der Waals surface area contributed by atoms with E-state index in [1.54, 1.807) is 0 Å². The van der Waals surface area contributed by atoms with Crippen molar-refractivity contribution < 1.29 is 4.79 Å². The van der Waals surface area contributed by atoms with E-state index in [9.17, 15) is 4.79 Å². The van der Waals surface area contributed by atoms with Crippen LogP contribution in [0.2, 0.25) is 0 Å². The normalized spacial score (nSPS) is 10.6. The molecule has 2 aromatic carbocycles. The minimum atomic E-state index is -0.245. The van der Waals surface area contributed by atoms with Crippen molar-refractivity contribution in [3.8, 4) is 11.3 Å². The maximum Gasteiger partial charge on any atom is 0.257 e. The number of carbonyl (C=O) groups is 1. The van der Waals surface area contributed by atoms with Gasteiger partial charge in [0.05, 0.1) is 5.69 Å². The molecule has 0 bridgehead atoms. The van der Waals surface area contributed by atoms with E-state index in [4.69, 9.17) is 12.2 Å². The van der Waals surface area contributed by atoms with E-state index in [1.807, 2.05) is 29.6 Å². The van der Waals surface area contributed by atoms with Crippen LogP contribution in [0.15, 0.2) is 41.8 Å². The monoisotopic (exact) mass is 452 g/mol. The number of aromatic nitrogens is 1. The van der Waals surface area contributed by atoms with Gasteiger partial charge in [-0.1, -0.05) is 17.7 Å². The van der Waals surface area contributed by atoms with Gasteiger partial charge in [-0.05, 0) is 82.2 Å². The summed E-state index contributed by atoms with van der Waals surface area (Å²) in [7, 11) is 0. The third-order valence-corrected chi connectivity index (χ3v) is 6.10. The second kappa shape index (κ2) is 10.0. The van der Waals surface area contributed by atoms with Gasteiger partial charge in [-0.15, -0.1) is 11.3 Å². The van der Waals surface area contributed by atoms with Crippen molar-refractivity contribution >= 4 is 45.4 Å². The predicted molar refractivity (Wildman–Crippen MR) is 135 cm³/mol. The molecule has 0 radical (unpaired) electrons. The summed E-state index contributed by atoms with van der Waals surface area (Å²) in [5.41, 5.74) is 7.32. The first-order valence-corrected chi connectivity index (χ1v) is 11.6. The molecule has 1 amide bonds. The molecule has 3 aromatic rings. The summed E-state index contributed by atoms with van der Waals surface area (Å²) in [6.07, 6.45) is 0. The fraction of sp³-hybridized carbons (Fsp3) is 0.292. The summed E-state index contributed by atoms with van der Waals surface area (Å²) >= 11 is 6.79. The maximum atomic E-state index is 12.5. The van der Waals surface area contributed by atoms with Crippen LogP contribution in [0.5, 0.6) is 0 Å². The number of amides is 1. The van der Waals surface area contributed by atoms with Crippen LogP contribution in [0.4, 0.5) is 10.8 Å². The number of thiazole rings is 1. The molecule has 0 spiro atoms. The maximum absolute atomic E-state index is 12.5. The third-order valence-electron chi connectivity index (χ3n) is 5.14. The summed E-state index contributed by atoms with van der Waals surface area (Å²) in [4.78, 5) is 19.4. The largest absolute Gasteiger partial charge is 0.372 e. The standard InChI is InChI=1S/C24H28N4OS2/c1-6-28(7-2)19-10-8-18(9-11-19)22(29)26-23(30)27-24-25-20(14-31-24)21-16(4)12-15(3)13-17(21)5/h8-14H,6-7H2,1-5H3,(H2,25,26,27,29,30). The molecule has 0 atom stereocenters. The lowest BCUT2D eigenvalue weighted by Gasteiger charge is -2.21. The molecule has 0 unspecified atom stereocenters. The Labute approximate surface area is 193 Å². The van der Waals surface area contributed by atoms with Crippen LogP contribution in [0.3, 0.4) is 0 Å². The van der Waals surface area contributed by atoms with Gasteiger partial charge in [-0.3, -0.25) is 10.1 Å². The van der Waals surface area contributed by atoms with Gasteiger partial charge in [0.25, 0.3) is 5.91 Å². The zero-order valence-corrected chi connectivity index (χ0v) is 20.2. The summed E-state index contributed by atoms with van der Waals surface area (Å²) < 4.78 is 0. The molecule has 0 aliphatic carbocycles. The lowest BCUT2D eigenvalue weighted by atomic mass is 9.98. The van der Waals surface area contributed by atoms with E-state index in [0.717, 1.165) is 30.0 Å². The molecule has 0 saturated carbocycles. The Morgan fingerprint density at radius 2 is 1.68 bits per heavy atom. The number of nitrogens with one attached hydrogen (secondary N) is 2. The number of nitrogens with zero attached hydrogens (tertiary/aromatic N) is 2. The highest BCUT2D eigenvalue weighted by atomic mass is 32.1. The van der Waals surface area contributed by atoms with Crippen molar-refractivity contribution in [1.29, 1.82) is 0 Å². The molecule has 0 saturated heterocycles. The Morgan fingerprint density at radius 3 is 2.26 bits per heavy atom. The number of aryl methyl sites for hydroxylation is 3. The van der Waals surface area contributed by atoms with E-state index >= 15 is 0 Å². The van der Waals surface area contributed by atoms with E-state index in [0.29, 0.717) is 10.7 Å². The lowest BCUT2D eigenvalue weighted by Crippen LogP contribution is -2.34. The first-order chi connectivity index (χ1) is 14.8. The molecular weight excluding hydrogens is 424 g/mol. The van der Waals surface area contributed by atoms with Gasteiger partial charge in [0.1, 0.15) is 0 Å². The zero-order chi connectivity index (χ0) is 22.5. The molecule has 3 rings (SSSR count). The zero-order valence-electron chi connectivity index (χ0n) is 18.6. The molecule has 7 heteroatoms. The molecule has 5 nitrogen and oxygen atoms in total. The topological polar surface area (TPSA) is 57.3 Å². The molecule has 31 heavy (non-hydrogen) atoms. The Balaban J connectivity index is 1.65. The Hall–Kier alpha value is -2.77. The van der Waals surface area contributed by atoms with E-state index in [-0.39, 0.29) is 11.0 Å². The Morgan fingerprint density at radius 1 is 1.06 bits per heavy atom. The highest BCUT2D eigenvalue weighted by Gasteiger charge is 2.13. The number of benzene rings is 2. The van der Waals surface area contributed by atoms with Gasteiger partial charge in [0, 0.05) is 35.3 Å². The van der Waals surface area contributed by atoms with Gasteiger partial charge in [0.15, 0.2) is 10.2 Å². The van der Waals surface area contributed by atoms with Gasteiger partial charge >= 0.3 is 0 Å². The summed E-state index contributed by atoms with van der Waals surface area (Å²) in [5, 5.41) is 8.65. The number of thiocarbonyl (C=S) groups is 1. The fourth-order valence-corrected chi connectivity index (χ4v) is 4.71. The van der Waals surface area contributed by atoms with Crippen LogP contribution in [-0.4, -0.2) is 29.1 Å². The second-order valence-electron chi connectivity index (χ2n) is 7.44. The quantitative estimate of drug-likeness (QED) is 0.469. The molecule has 0 aliphatic rings. The van der Waals surface area contributed by atoms with E-state index < -0.39 is 0 Å². The van der Waals surface area contributed by atoms with Crippen molar-refractivity contribution in [2.24, 2.45) is 0 Å². The van der Waals surface area contributed by atoms with E-state index in [1.165, 1.54) is 28.0 Å². The minimum absolute atomic E-state index is 0.232. The Bertz CT molecular complexity index is 1060. The van der Waals surface area contributed by atoms with Gasteiger partial charge < -0.3 is 10.2 Å². The summed E-state index contributed by atoms with van der Waals surface area (Å²) in [5.74, 6) is -0.245. The molecule has 162 valence electrons. The molecule has 0 fully saturated rings. The van der Waals surface area contributed by atoms with Crippen molar-refractivity contribution in [3.05, 3.63) is 64.0 Å². The van der Waals surface area contributed by atoms with E-state index in [2.05, 4.69) is 67.3 Å². The molecule has 1 heterocycles. The van der Waals surface area contributed by atoms with Crippen LogP contribution in [-0.2, 0) is 0 Å². The Kier molecular flexibility index (Phi) is 7.41. The van der Waals surface area contributed by atoms with Crippen LogP contribution in [0.1, 0.15) is 40.9 Å². The molecular formula is C24H28N4OS2. The molecule has 0 aliphatic heterocycles. The highest BCUT2D eigenvalue weighted by Crippen LogP contribution is 2.31. The highest BCUT2D eigenvalue weighted by molar-refractivity contribution is 7.80. The number of hydrogen-bond acceptors (Lipinski definition) is 5. The number of anilines is 2. The van der Waals surface area contributed by atoms with Gasteiger partial charge in [0.2, 0.25) is 0 Å². The summed E-state index contributed by atoms with van der Waals surface area (Å²) in [6, 6.07) is 11.9. The van der Waals surface area contributed by atoms with Crippen molar-refractivity contribution in [2.45, 2.75) is 34.6 Å². The predicted octanol–water partition coefficient (Wildman–Crippen LogP) is 5.71. The smallest absolute Gasteiger partial charge is 0.257 e. The SMILES string of the molecule is CCN(CC)c1ccc(C(=O)NC(=S)Nc2nc(-c3c(C)cc(C)cc3C)cs2)cc1. The number of carbonyl (C=O) groups excluding carboxylic acids is 1. The first kappa shape index (κ1) is 22.9. The average molecular weight is 453 g/mol. The van der Waals surface area contributed by atoms with Crippen molar-refractivity contribution in [2.75, 3.05) is 23.3 Å². The van der Waals surface area contributed by atoms with Crippen LogP contribution < -0.4 is 15.5 Å². The minimum Gasteiger partial charge on any atom is -0.372 e. The molecule has 1 aromatic heterocycles. The van der Waals surface area contributed by atoms with Gasteiger partial charge in [-0.2, -0.15) is 0 Å². The lowest BCUT2D eigenvalue weighted by molar-refractivity contribution is 0.0978. The first-order valence-electron chi connectivity index (χ1n) is 10.3. The number of rotatable bonds is 6. The van der Waals surface area contributed by atoms with Crippen LogP contribution in [0, 0.1) is 20.8 Å². The number of hydrogen-bond donors (Lipinski definition) is 2. The van der Waals surface area contributed by atoms with Crippen molar-refractivity contribution in [1.82, 2.24) is 10.3 Å². The van der Waals surface area contributed by atoms with Gasteiger partial charge in [-0.25, -0.2) is 4.98 Å². The van der Waals surface area contributed by atoms with Crippen LogP contribution in [0.25, 0.3) is 11.3 Å². The second-order valence-corrected chi connectivity index (χ2v) is 8.71. The average Bonchev–Trinajstić information content (AvgIpc) is 3.16.